The molecule has 0 saturated carbocycles. The number of nitrogens with zero attached hydrogens (tertiary/aromatic N) is 1. The minimum absolute atomic E-state index is 0.171. The van der Waals surface area contributed by atoms with E-state index < -0.39 is 0 Å². The average Bonchev–Trinajstić information content (AvgIpc) is 2.85. The van der Waals surface area contributed by atoms with Gasteiger partial charge in [0.15, 0.2) is 0 Å². The second kappa shape index (κ2) is 6.04. The van der Waals surface area contributed by atoms with Gasteiger partial charge in [0.2, 0.25) is 5.76 Å². The molecule has 5 nitrogen and oxygen atoms in total. The summed E-state index contributed by atoms with van der Waals surface area (Å²) in [4.78, 5) is 11.9. The number of aromatic nitrogens is 1. The predicted octanol–water partition coefficient (Wildman–Crippen LogP) is 1.89. The van der Waals surface area contributed by atoms with Gasteiger partial charge in [-0.1, -0.05) is 17.0 Å². The monoisotopic (exact) mass is 270 g/mol. The van der Waals surface area contributed by atoms with Crippen LogP contribution in [0.25, 0.3) is 0 Å². The van der Waals surface area contributed by atoms with Crippen LogP contribution in [0.1, 0.15) is 27.4 Å². The van der Waals surface area contributed by atoms with Crippen LogP contribution < -0.4 is 5.32 Å². The number of nitrogens with one attached hydrogen (secondary N) is 1. The van der Waals surface area contributed by atoms with Crippen molar-refractivity contribution in [3.05, 3.63) is 46.8 Å². The van der Waals surface area contributed by atoms with Gasteiger partial charge in [-0.3, -0.25) is 4.79 Å². The number of carbonyl (C=O) groups excluding carboxylic acids is 1. The van der Waals surface area contributed by atoms with Gasteiger partial charge in [0.05, 0.1) is 5.69 Å². The Kier molecular flexibility index (Phi) is 4.18. The SMILES string of the molecule is Cc1cc(C(=O)Nc2ccc(C#CCO)c(C)c2)on1. The summed E-state index contributed by atoms with van der Waals surface area (Å²) in [6.45, 7) is 3.46. The van der Waals surface area contributed by atoms with E-state index in [1.165, 1.54) is 0 Å². The highest BCUT2D eigenvalue weighted by atomic mass is 16.5. The van der Waals surface area contributed by atoms with Gasteiger partial charge >= 0.3 is 0 Å². The van der Waals surface area contributed by atoms with E-state index in [0.717, 1.165) is 11.1 Å². The van der Waals surface area contributed by atoms with Crippen molar-refractivity contribution in [2.45, 2.75) is 13.8 Å². The lowest BCUT2D eigenvalue weighted by atomic mass is 10.1. The molecule has 2 aromatic rings. The number of amides is 1. The molecule has 0 aliphatic rings. The van der Waals surface area contributed by atoms with Crippen LogP contribution in [-0.4, -0.2) is 22.8 Å². The van der Waals surface area contributed by atoms with Crippen molar-refractivity contribution in [3.8, 4) is 11.8 Å². The van der Waals surface area contributed by atoms with Crippen molar-refractivity contribution in [1.82, 2.24) is 5.16 Å². The van der Waals surface area contributed by atoms with E-state index in [-0.39, 0.29) is 18.3 Å². The molecular weight excluding hydrogens is 256 g/mol. The Morgan fingerprint density at radius 1 is 1.40 bits per heavy atom. The molecule has 1 aromatic heterocycles. The summed E-state index contributed by atoms with van der Waals surface area (Å²) in [6.07, 6.45) is 0. The number of aliphatic hydroxyl groups is 1. The number of aryl methyl sites for hydroxylation is 2. The van der Waals surface area contributed by atoms with Crippen LogP contribution in [0, 0.1) is 25.7 Å². The Hall–Kier alpha value is -2.58. The zero-order valence-electron chi connectivity index (χ0n) is 11.2. The quantitative estimate of drug-likeness (QED) is 0.817. The molecule has 2 N–H and O–H groups in total. The van der Waals surface area contributed by atoms with Crippen molar-refractivity contribution in [2.75, 3.05) is 11.9 Å². The molecule has 0 aliphatic heterocycles. The summed E-state index contributed by atoms with van der Waals surface area (Å²) in [6, 6.07) is 6.92. The van der Waals surface area contributed by atoms with Gasteiger partial charge < -0.3 is 14.9 Å². The van der Waals surface area contributed by atoms with Crippen LogP contribution in [0.5, 0.6) is 0 Å². The fraction of sp³-hybridized carbons (Fsp3) is 0.200. The normalized spacial score (nSPS) is 9.75. The van der Waals surface area contributed by atoms with Crippen LogP contribution in [-0.2, 0) is 0 Å². The molecule has 20 heavy (non-hydrogen) atoms. The van der Waals surface area contributed by atoms with E-state index in [0.29, 0.717) is 11.4 Å². The molecule has 102 valence electrons. The van der Waals surface area contributed by atoms with Crippen molar-refractivity contribution in [1.29, 1.82) is 0 Å². The van der Waals surface area contributed by atoms with Crippen LogP contribution >= 0.6 is 0 Å². The number of hydrogen-bond acceptors (Lipinski definition) is 4. The maximum absolute atomic E-state index is 11.9. The first kappa shape index (κ1) is 13.8. The Balaban J connectivity index is 2.14. The molecule has 0 aliphatic carbocycles. The third-order valence-electron chi connectivity index (χ3n) is 2.64. The molecule has 2 rings (SSSR count). The molecule has 1 amide bonds. The van der Waals surface area contributed by atoms with E-state index in [9.17, 15) is 4.79 Å². The highest BCUT2D eigenvalue weighted by Gasteiger charge is 2.11. The Bertz CT molecular complexity index is 693. The fourth-order valence-corrected chi connectivity index (χ4v) is 1.68. The Labute approximate surface area is 116 Å². The number of carbonyl (C=O) groups is 1. The van der Waals surface area contributed by atoms with E-state index in [1.807, 2.05) is 13.0 Å². The topological polar surface area (TPSA) is 75.4 Å². The largest absolute Gasteiger partial charge is 0.384 e. The first-order valence-corrected chi connectivity index (χ1v) is 6.05. The molecule has 1 heterocycles. The zero-order chi connectivity index (χ0) is 14.5. The average molecular weight is 270 g/mol. The van der Waals surface area contributed by atoms with Crippen molar-refractivity contribution >= 4 is 11.6 Å². The lowest BCUT2D eigenvalue weighted by Gasteiger charge is -2.05. The van der Waals surface area contributed by atoms with Gasteiger partial charge in [0.25, 0.3) is 5.91 Å². The first-order valence-electron chi connectivity index (χ1n) is 6.05. The maximum Gasteiger partial charge on any atom is 0.294 e. The van der Waals surface area contributed by atoms with Crippen LogP contribution in [0.2, 0.25) is 0 Å². The van der Waals surface area contributed by atoms with Crippen molar-refractivity contribution < 1.29 is 14.4 Å². The Morgan fingerprint density at radius 2 is 2.20 bits per heavy atom. The van der Waals surface area contributed by atoms with Crippen LogP contribution in [0.15, 0.2) is 28.8 Å². The second-order valence-electron chi connectivity index (χ2n) is 4.28. The van der Waals surface area contributed by atoms with Gasteiger partial charge in [-0.2, -0.15) is 0 Å². The predicted molar refractivity (Wildman–Crippen MR) is 74.3 cm³/mol. The molecule has 1 aromatic carbocycles. The highest BCUT2D eigenvalue weighted by Crippen LogP contribution is 2.15. The van der Waals surface area contributed by atoms with Gasteiger partial charge in [-0.15, -0.1) is 0 Å². The summed E-state index contributed by atoms with van der Waals surface area (Å²) >= 11 is 0. The molecule has 0 spiro atoms. The zero-order valence-corrected chi connectivity index (χ0v) is 11.2. The number of benzene rings is 1. The molecule has 0 fully saturated rings. The molecule has 0 saturated heterocycles. The number of rotatable bonds is 2. The van der Waals surface area contributed by atoms with Crippen LogP contribution in [0.4, 0.5) is 5.69 Å². The number of aliphatic hydroxyl groups excluding tert-OH is 1. The molecule has 0 bridgehead atoms. The summed E-state index contributed by atoms with van der Waals surface area (Å²) < 4.78 is 4.89. The van der Waals surface area contributed by atoms with E-state index in [2.05, 4.69) is 22.3 Å². The van der Waals surface area contributed by atoms with Gasteiger partial charge in [-0.25, -0.2) is 0 Å². The first-order chi connectivity index (χ1) is 9.60. The molecular formula is C15H14N2O3. The Morgan fingerprint density at radius 3 is 2.80 bits per heavy atom. The number of hydrogen-bond donors (Lipinski definition) is 2. The molecule has 5 heteroatoms. The lowest BCUT2D eigenvalue weighted by Crippen LogP contribution is -2.11. The third kappa shape index (κ3) is 3.25. The number of anilines is 1. The second-order valence-corrected chi connectivity index (χ2v) is 4.28. The lowest BCUT2D eigenvalue weighted by molar-refractivity contribution is 0.0988. The van der Waals surface area contributed by atoms with Crippen molar-refractivity contribution in [3.63, 3.8) is 0 Å². The maximum atomic E-state index is 11.9. The van der Waals surface area contributed by atoms with E-state index in [4.69, 9.17) is 9.63 Å². The summed E-state index contributed by atoms with van der Waals surface area (Å²) in [5.74, 6) is 5.25. The van der Waals surface area contributed by atoms with Gasteiger partial charge in [-0.05, 0) is 37.6 Å². The molecule has 0 atom stereocenters. The van der Waals surface area contributed by atoms with E-state index >= 15 is 0 Å². The van der Waals surface area contributed by atoms with Gasteiger partial charge in [0.1, 0.15) is 6.61 Å². The van der Waals surface area contributed by atoms with Gasteiger partial charge in [0, 0.05) is 17.3 Å². The summed E-state index contributed by atoms with van der Waals surface area (Å²) in [7, 11) is 0. The minimum atomic E-state index is -0.348. The van der Waals surface area contributed by atoms with Crippen LogP contribution in [0.3, 0.4) is 0 Å². The molecule has 0 unspecified atom stereocenters. The molecule has 0 radical (unpaired) electrons. The summed E-state index contributed by atoms with van der Waals surface area (Å²) in [5.41, 5.74) is 3.03. The highest BCUT2D eigenvalue weighted by molar-refractivity contribution is 6.02. The smallest absolute Gasteiger partial charge is 0.294 e. The fourth-order valence-electron chi connectivity index (χ4n) is 1.68. The van der Waals surface area contributed by atoms with E-state index in [1.54, 1.807) is 25.1 Å². The summed E-state index contributed by atoms with van der Waals surface area (Å²) in [5, 5.41) is 15.1. The van der Waals surface area contributed by atoms with Crippen molar-refractivity contribution in [2.24, 2.45) is 0 Å². The third-order valence-corrected chi connectivity index (χ3v) is 2.64. The minimum Gasteiger partial charge on any atom is -0.384 e. The standard InChI is InChI=1S/C15H14N2O3/c1-10-8-13(6-5-12(10)4-3-7-18)16-15(19)14-9-11(2)17-20-14/h5-6,8-9,18H,7H2,1-2H3,(H,16,19).